The second kappa shape index (κ2) is 7.16. The van der Waals surface area contributed by atoms with Crippen LogP contribution in [0.25, 0.3) is 0 Å². The lowest BCUT2D eigenvalue weighted by atomic mass is 10.0. The van der Waals surface area contributed by atoms with Crippen molar-refractivity contribution < 1.29 is 4.92 Å². The molecule has 0 N–H and O–H groups in total. The molecule has 0 fully saturated rings. The minimum atomic E-state index is -0.334. The number of nitro groups is 1. The normalized spacial score (nSPS) is 15.6. The molecule has 5 rings (SSSR count). The first kappa shape index (κ1) is 17.6. The molecule has 3 heterocycles. The Labute approximate surface area is 168 Å². The third-order valence-corrected chi connectivity index (χ3v) is 5.70. The highest BCUT2D eigenvalue weighted by molar-refractivity contribution is 5.81. The SMILES string of the molecule is O=[N+]([O-])c1c(N2CCCc3ccccc32)ncnc1N1CCCc2ccccc21. The van der Waals surface area contributed by atoms with Gasteiger partial charge in [-0.2, -0.15) is 0 Å². The largest absolute Gasteiger partial charge is 0.354 e. The Kier molecular flexibility index (Phi) is 4.35. The molecule has 7 nitrogen and oxygen atoms in total. The van der Waals surface area contributed by atoms with Gasteiger partial charge in [0, 0.05) is 24.5 Å². The molecule has 0 bridgehead atoms. The number of nitrogens with zero attached hydrogens (tertiary/aromatic N) is 5. The van der Waals surface area contributed by atoms with E-state index in [1.807, 2.05) is 46.2 Å². The minimum Gasteiger partial charge on any atom is -0.320 e. The number of hydrogen-bond donors (Lipinski definition) is 0. The maximum atomic E-state index is 12.2. The monoisotopic (exact) mass is 387 g/mol. The van der Waals surface area contributed by atoms with Crippen molar-refractivity contribution in [3.05, 3.63) is 76.1 Å². The van der Waals surface area contributed by atoms with Crippen LogP contribution in [0, 0.1) is 10.1 Å². The highest BCUT2D eigenvalue weighted by Gasteiger charge is 2.34. The Morgan fingerprint density at radius 2 is 1.28 bits per heavy atom. The van der Waals surface area contributed by atoms with E-state index in [0.717, 1.165) is 37.1 Å². The molecule has 0 aliphatic carbocycles. The van der Waals surface area contributed by atoms with Crippen LogP contribution in [0.15, 0.2) is 54.9 Å². The van der Waals surface area contributed by atoms with Crippen LogP contribution in [-0.2, 0) is 12.8 Å². The maximum Gasteiger partial charge on any atom is 0.354 e. The third kappa shape index (κ3) is 2.99. The van der Waals surface area contributed by atoms with Gasteiger partial charge in [0.15, 0.2) is 0 Å². The molecule has 7 heteroatoms. The summed E-state index contributed by atoms with van der Waals surface area (Å²) in [5, 5.41) is 12.2. The van der Waals surface area contributed by atoms with E-state index in [-0.39, 0.29) is 10.6 Å². The molecule has 0 saturated carbocycles. The average Bonchev–Trinajstić information content (AvgIpc) is 2.77. The first-order valence-corrected chi connectivity index (χ1v) is 9.94. The van der Waals surface area contributed by atoms with Gasteiger partial charge in [-0.05, 0) is 48.9 Å². The van der Waals surface area contributed by atoms with E-state index in [9.17, 15) is 10.1 Å². The zero-order valence-corrected chi connectivity index (χ0v) is 16.0. The van der Waals surface area contributed by atoms with E-state index in [2.05, 4.69) is 22.1 Å². The lowest BCUT2D eigenvalue weighted by molar-refractivity contribution is -0.383. The second-order valence-electron chi connectivity index (χ2n) is 7.39. The summed E-state index contributed by atoms with van der Waals surface area (Å²) in [4.78, 5) is 24.6. The zero-order valence-electron chi connectivity index (χ0n) is 16.0. The van der Waals surface area contributed by atoms with E-state index >= 15 is 0 Å². The van der Waals surface area contributed by atoms with Crippen LogP contribution in [0.3, 0.4) is 0 Å². The van der Waals surface area contributed by atoms with E-state index in [1.54, 1.807) is 0 Å². The van der Waals surface area contributed by atoms with Gasteiger partial charge in [-0.15, -0.1) is 0 Å². The van der Waals surface area contributed by atoms with Crippen molar-refractivity contribution >= 4 is 28.7 Å². The van der Waals surface area contributed by atoms with Gasteiger partial charge in [0.2, 0.25) is 11.6 Å². The van der Waals surface area contributed by atoms with E-state index in [1.165, 1.54) is 17.5 Å². The predicted octanol–water partition coefficient (Wildman–Crippen LogP) is 4.55. The van der Waals surface area contributed by atoms with Gasteiger partial charge >= 0.3 is 5.69 Å². The van der Waals surface area contributed by atoms with Crippen LogP contribution in [0.1, 0.15) is 24.0 Å². The number of anilines is 4. The Bertz CT molecular complexity index is 1010. The van der Waals surface area contributed by atoms with Crippen molar-refractivity contribution in [3.63, 3.8) is 0 Å². The van der Waals surface area contributed by atoms with Crippen LogP contribution in [-0.4, -0.2) is 28.0 Å². The summed E-state index contributed by atoms with van der Waals surface area (Å²) in [6, 6.07) is 16.1. The fourth-order valence-corrected chi connectivity index (χ4v) is 4.43. The molecule has 3 aromatic rings. The van der Waals surface area contributed by atoms with Crippen LogP contribution in [0.2, 0.25) is 0 Å². The van der Waals surface area contributed by atoms with Crippen molar-refractivity contribution in [1.82, 2.24) is 9.97 Å². The minimum absolute atomic E-state index is 0.0269. The fourth-order valence-electron chi connectivity index (χ4n) is 4.43. The first-order valence-electron chi connectivity index (χ1n) is 9.94. The van der Waals surface area contributed by atoms with Gasteiger partial charge in [-0.1, -0.05) is 36.4 Å². The van der Waals surface area contributed by atoms with Gasteiger partial charge in [0.1, 0.15) is 6.33 Å². The van der Waals surface area contributed by atoms with Crippen LogP contribution in [0.4, 0.5) is 28.7 Å². The van der Waals surface area contributed by atoms with E-state index < -0.39 is 0 Å². The molecule has 0 amide bonds. The summed E-state index contributed by atoms with van der Waals surface area (Å²) in [5.41, 5.74) is 4.34. The molecule has 2 aliphatic heterocycles. The number of benzene rings is 2. The quantitative estimate of drug-likeness (QED) is 0.485. The highest BCUT2D eigenvalue weighted by Crippen LogP contribution is 2.43. The van der Waals surface area contributed by atoms with Gasteiger partial charge in [-0.25, -0.2) is 9.97 Å². The summed E-state index contributed by atoms with van der Waals surface area (Å²) in [6.07, 6.45) is 5.25. The second-order valence-corrected chi connectivity index (χ2v) is 7.39. The topological polar surface area (TPSA) is 75.4 Å². The smallest absolute Gasteiger partial charge is 0.320 e. The van der Waals surface area contributed by atoms with Crippen molar-refractivity contribution in [2.75, 3.05) is 22.9 Å². The summed E-state index contributed by atoms with van der Waals surface area (Å²) in [5.74, 6) is 0.741. The van der Waals surface area contributed by atoms with Crippen molar-refractivity contribution in [1.29, 1.82) is 0 Å². The molecule has 1 aromatic heterocycles. The molecule has 29 heavy (non-hydrogen) atoms. The van der Waals surface area contributed by atoms with Crippen molar-refractivity contribution in [3.8, 4) is 0 Å². The number of aromatic nitrogens is 2. The lowest BCUT2D eigenvalue weighted by Crippen LogP contribution is -2.29. The van der Waals surface area contributed by atoms with Crippen LogP contribution in [0.5, 0.6) is 0 Å². The molecule has 0 radical (unpaired) electrons. The molecule has 0 atom stereocenters. The Morgan fingerprint density at radius 3 is 1.76 bits per heavy atom. The Balaban J connectivity index is 1.67. The molecular formula is C22H21N5O2. The Morgan fingerprint density at radius 1 is 0.793 bits per heavy atom. The molecule has 0 unspecified atom stereocenters. The summed E-state index contributed by atoms with van der Waals surface area (Å²) < 4.78 is 0. The molecule has 2 aliphatic rings. The lowest BCUT2D eigenvalue weighted by Gasteiger charge is -2.32. The Hall–Kier alpha value is -3.48. The van der Waals surface area contributed by atoms with E-state index in [0.29, 0.717) is 24.7 Å². The molecular weight excluding hydrogens is 366 g/mol. The number of hydrogen-bond acceptors (Lipinski definition) is 6. The standard InChI is InChI=1S/C22H21N5O2/c28-27(29)20-21(25-13-5-9-16-7-1-3-11-18(16)25)23-15-24-22(20)26-14-6-10-17-8-2-4-12-19(17)26/h1-4,7-8,11-12,15H,5-6,9-10,13-14H2. The zero-order chi connectivity index (χ0) is 19.8. The van der Waals surface area contributed by atoms with Crippen LogP contribution < -0.4 is 9.80 Å². The van der Waals surface area contributed by atoms with E-state index in [4.69, 9.17) is 0 Å². The molecule has 2 aromatic carbocycles. The average molecular weight is 387 g/mol. The number of para-hydroxylation sites is 2. The van der Waals surface area contributed by atoms with Gasteiger partial charge in [-0.3, -0.25) is 10.1 Å². The van der Waals surface area contributed by atoms with Crippen LogP contribution >= 0.6 is 0 Å². The summed E-state index contributed by atoms with van der Waals surface area (Å²) >= 11 is 0. The predicted molar refractivity (Wildman–Crippen MR) is 112 cm³/mol. The molecule has 0 spiro atoms. The number of fused-ring (bicyclic) bond motifs is 2. The third-order valence-electron chi connectivity index (χ3n) is 5.70. The van der Waals surface area contributed by atoms with Gasteiger partial charge < -0.3 is 9.80 Å². The maximum absolute atomic E-state index is 12.2. The summed E-state index contributed by atoms with van der Waals surface area (Å²) in [7, 11) is 0. The first-order chi connectivity index (χ1) is 14.2. The number of aryl methyl sites for hydroxylation is 2. The van der Waals surface area contributed by atoms with Crippen molar-refractivity contribution in [2.45, 2.75) is 25.7 Å². The van der Waals surface area contributed by atoms with Crippen molar-refractivity contribution in [2.24, 2.45) is 0 Å². The highest BCUT2D eigenvalue weighted by atomic mass is 16.6. The fraction of sp³-hybridized carbons (Fsp3) is 0.273. The number of rotatable bonds is 3. The molecule has 0 saturated heterocycles. The summed E-state index contributed by atoms with van der Waals surface area (Å²) in [6.45, 7) is 1.40. The molecule has 146 valence electrons. The van der Waals surface area contributed by atoms with Gasteiger partial charge in [0.05, 0.1) is 4.92 Å². The van der Waals surface area contributed by atoms with Gasteiger partial charge in [0.25, 0.3) is 0 Å².